The van der Waals surface area contributed by atoms with Crippen LogP contribution in [0.4, 0.5) is 4.39 Å². The van der Waals surface area contributed by atoms with Gasteiger partial charge in [-0.15, -0.1) is 0 Å². The molecule has 2 rings (SSSR count). The van der Waals surface area contributed by atoms with E-state index in [1.165, 1.54) is 6.07 Å². The van der Waals surface area contributed by atoms with E-state index in [0.29, 0.717) is 11.5 Å². The summed E-state index contributed by atoms with van der Waals surface area (Å²) in [5.74, 6) is 5.76. The quantitative estimate of drug-likeness (QED) is 0.605. The second-order valence-electron chi connectivity index (χ2n) is 4.21. The zero-order valence-electron chi connectivity index (χ0n) is 9.16. The molecular formula is C12H17FN2O. The lowest BCUT2D eigenvalue weighted by atomic mass is 9.94. The number of ether oxygens (including phenoxy) is 1. The molecule has 3 nitrogen and oxygen atoms in total. The van der Waals surface area contributed by atoms with E-state index in [9.17, 15) is 4.39 Å². The van der Waals surface area contributed by atoms with Gasteiger partial charge in [0, 0.05) is 24.8 Å². The van der Waals surface area contributed by atoms with Crippen molar-refractivity contribution in [2.24, 2.45) is 11.8 Å². The Balaban J connectivity index is 2.06. The topological polar surface area (TPSA) is 47.3 Å². The van der Waals surface area contributed by atoms with Crippen LogP contribution in [-0.4, -0.2) is 13.2 Å². The number of benzene rings is 1. The van der Waals surface area contributed by atoms with E-state index < -0.39 is 0 Å². The SMILES string of the molecule is NNC(CC1CCOC1)c1ccccc1F. The van der Waals surface area contributed by atoms with E-state index in [2.05, 4.69) is 5.43 Å². The summed E-state index contributed by atoms with van der Waals surface area (Å²) in [5.41, 5.74) is 3.33. The molecule has 0 amide bonds. The van der Waals surface area contributed by atoms with Gasteiger partial charge < -0.3 is 4.74 Å². The van der Waals surface area contributed by atoms with Gasteiger partial charge in [-0.1, -0.05) is 18.2 Å². The largest absolute Gasteiger partial charge is 0.381 e. The second kappa shape index (κ2) is 5.39. The fraction of sp³-hybridized carbons (Fsp3) is 0.500. The third kappa shape index (κ3) is 2.58. The Hall–Kier alpha value is -0.970. The Morgan fingerprint density at radius 2 is 2.31 bits per heavy atom. The number of halogens is 1. The minimum absolute atomic E-state index is 0.132. The molecule has 0 saturated carbocycles. The second-order valence-corrected chi connectivity index (χ2v) is 4.21. The van der Waals surface area contributed by atoms with E-state index in [-0.39, 0.29) is 11.9 Å². The van der Waals surface area contributed by atoms with Gasteiger partial charge >= 0.3 is 0 Å². The number of nitrogens with two attached hydrogens (primary N) is 1. The molecule has 1 aromatic carbocycles. The lowest BCUT2D eigenvalue weighted by Crippen LogP contribution is -2.30. The van der Waals surface area contributed by atoms with Crippen molar-refractivity contribution in [1.82, 2.24) is 5.43 Å². The Labute approximate surface area is 94.8 Å². The highest BCUT2D eigenvalue weighted by Gasteiger charge is 2.22. The van der Waals surface area contributed by atoms with Gasteiger partial charge in [0.05, 0.1) is 0 Å². The fourth-order valence-electron chi connectivity index (χ4n) is 2.15. The molecule has 0 radical (unpaired) electrons. The molecule has 2 atom stereocenters. The monoisotopic (exact) mass is 224 g/mol. The van der Waals surface area contributed by atoms with E-state index in [1.807, 2.05) is 6.07 Å². The van der Waals surface area contributed by atoms with Crippen molar-refractivity contribution in [3.8, 4) is 0 Å². The average Bonchev–Trinajstić information content (AvgIpc) is 2.80. The third-order valence-electron chi connectivity index (χ3n) is 3.07. The number of hydrazine groups is 1. The van der Waals surface area contributed by atoms with Gasteiger partial charge in [0.25, 0.3) is 0 Å². The molecule has 0 aromatic heterocycles. The molecule has 16 heavy (non-hydrogen) atoms. The van der Waals surface area contributed by atoms with Crippen molar-refractivity contribution in [1.29, 1.82) is 0 Å². The summed E-state index contributed by atoms with van der Waals surface area (Å²) in [5, 5.41) is 0. The summed E-state index contributed by atoms with van der Waals surface area (Å²) in [7, 11) is 0. The number of hydrogen-bond acceptors (Lipinski definition) is 3. The van der Waals surface area contributed by atoms with Crippen molar-refractivity contribution in [3.63, 3.8) is 0 Å². The van der Waals surface area contributed by atoms with Crippen molar-refractivity contribution in [2.75, 3.05) is 13.2 Å². The Kier molecular flexibility index (Phi) is 3.88. The van der Waals surface area contributed by atoms with Crippen LogP contribution in [0.15, 0.2) is 24.3 Å². The maximum Gasteiger partial charge on any atom is 0.128 e. The Bertz CT molecular complexity index is 340. The number of rotatable bonds is 4. The Morgan fingerprint density at radius 1 is 1.50 bits per heavy atom. The zero-order chi connectivity index (χ0) is 11.4. The van der Waals surface area contributed by atoms with Gasteiger partial charge in [-0.25, -0.2) is 4.39 Å². The Morgan fingerprint density at radius 3 is 2.94 bits per heavy atom. The van der Waals surface area contributed by atoms with Crippen LogP contribution in [0.5, 0.6) is 0 Å². The molecule has 1 fully saturated rings. The van der Waals surface area contributed by atoms with Gasteiger partial charge in [-0.2, -0.15) is 0 Å². The molecule has 2 unspecified atom stereocenters. The molecule has 1 heterocycles. The smallest absolute Gasteiger partial charge is 0.128 e. The molecule has 4 heteroatoms. The maximum absolute atomic E-state index is 13.6. The standard InChI is InChI=1S/C12H17FN2O/c13-11-4-2-1-3-10(11)12(15-14)7-9-5-6-16-8-9/h1-4,9,12,15H,5-8,14H2. The molecule has 1 aromatic rings. The highest BCUT2D eigenvalue weighted by atomic mass is 19.1. The molecular weight excluding hydrogens is 207 g/mol. The lowest BCUT2D eigenvalue weighted by molar-refractivity contribution is 0.181. The summed E-state index contributed by atoms with van der Waals surface area (Å²) in [6, 6.07) is 6.62. The summed E-state index contributed by atoms with van der Waals surface area (Å²) >= 11 is 0. The van der Waals surface area contributed by atoms with Gasteiger partial charge in [-0.05, 0) is 24.8 Å². The molecule has 0 aliphatic carbocycles. The van der Waals surface area contributed by atoms with Gasteiger partial charge in [0.15, 0.2) is 0 Å². The van der Waals surface area contributed by atoms with E-state index in [4.69, 9.17) is 10.6 Å². The molecule has 0 bridgehead atoms. The van der Waals surface area contributed by atoms with Crippen LogP contribution in [0, 0.1) is 11.7 Å². The van der Waals surface area contributed by atoms with Crippen LogP contribution < -0.4 is 11.3 Å². The molecule has 1 aliphatic heterocycles. The van der Waals surface area contributed by atoms with Crippen molar-refractivity contribution >= 4 is 0 Å². The normalized spacial score (nSPS) is 22.2. The first kappa shape index (κ1) is 11.5. The van der Waals surface area contributed by atoms with Crippen LogP contribution in [0.1, 0.15) is 24.4 Å². The first-order chi connectivity index (χ1) is 7.81. The number of hydrogen-bond donors (Lipinski definition) is 2. The first-order valence-corrected chi connectivity index (χ1v) is 5.59. The molecule has 1 aliphatic rings. The summed E-state index contributed by atoms with van der Waals surface area (Å²) in [6.07, 6.45) is 1.85. The molecule has 0 spiro atoms. The van der Waals surface area contributed by atoms with E-state index >= 15 is 0 Å². The van der Waals surface area contributed by atoms with Crippen molar-refractivity contribution in [2.45, 2.75) is 18.9 Å². The van der Waals surface area contributed by atoms with Crippen molar-refractivity contribution in [3.05, 3.63) is 35.6 Å². The summed E-state index contributed by atoms with van der Waals surface area (Å²) in [4.78, 5) is 0. The third-order valence-corrected chi connectivity index (χ3v) is 3.07. The average molecular weight is 224 g/mol. The fourth-order valence-corrected chi connectivity index (χ4v) is 2.15. The predicted octanol–water partition coefficient (Wildman–Crippen LogP) is 1.76. The maximum atomic E-state index is 13.6. The van der Waals surface area contributed by atoms with Gasteiger partial charge in [-0.3, -0.25) is 11.3 Å². The van der Waals surface area contributed by atoms with Crippen LogP contribution in [-0.2, 0) is 4.74 Å². The summed E-state index contributed by atoms with van der Waals surface area (Å²) in [6.45, 7) is 1.56. The molecule has 3 N–H and O–H groups in total. The minimum atomic E-state index is -0.204. The van der Waals surface area contributed by atoms with Crippen LogP contribution in [0.3, 0.4) is 0 Å². The van der Waals surface area contributed by atoms with Crippen molar-refractivity contribution < 1.29 is 9.13 Å². The van der Waals surface area contributed by atoms with Crippen LogP contribution in [0.25, 0.3) is 0 Å². The highest BCUT2D eigenvalue weighted by Crippen LogP contribution is 2.27. The zero-order valence-corrected chi connectivity index (χ0v) is 9.16. The van der Waals surface area contributed by atoms with Gasteiger partial charge in [0.2, 0.25) is 0 Å². The highest BCUT2D eigenvalue weighted by molar-refractivity contribution is 5.21. The molecule has 1 saturated heterocycles. The van der Waals surface area contributed by atoms with Gasteiger partial charge in [0.1, 0.15) is 5.82 Å². The van der Waals surface area contributed by atoms with Crippen LogP contribution >= 0.6 is 0 Å². The number of nitrogens with one attached hydrogen (secondary N) is 1. The lowest BCUT2D eigenvalue weighted by Gasteiger charge is -2.19. The summed E-state index contributed by atoms with van der Waals surface area (Å²) < 4.78 is 18.9. The predicted molar refractivity (Wildman–Crippen MR) is 60.0 cm³/mol. The molecule has 88 valence electrons. The van der Waals surface area contributed by atoms with Crippen LogP contribution in [0.2, 0.25) is 0 Å². The first-order valence-electron chi connectivity index (χ1n) is 5.59. The van der Waals surface area contributed by atoms with E-state index in [1.54, 1.807) is 12.1 Å². The van der Waals surface area contributed by atoms with E-state index in [0.717, 1.165) is 26.1 Å². The minimum Gasteiger partial charge on any atom is -0.381 e.